The van der Waals surface area contributed by atoms with Gasteiger partial charge in [0.05, 0.1) is 5.75 Å². The van der Waals surface area contributed by atoms with Crippen molar-refractivity contribution in [2.24, 2.45) is 0 Å². The topological polar surface area (TPSA) is 49.4 Å². The Hall–Kier alpha value is -1.98. The summed E-state index contributed by atoms with van der Waals surface area (Å²) in [6, 6.07) is 15.2. The van der Waals surface area contributed by atoms with Gasteiger partial charge in [0.25, 0.3) is 0 Å². The van der Waals surface area contributed by atoms with Crippen LogP contribution < -0.4 is 5.32 Å². The molecule has 6 heteroatoms. The monoisotopic (exact) mass is 444 g/mol. The molecular formula is C24H29ClN2O2S. The number of aryl methyl sites for hydroxylation is 1. The Bertz CT molecular complexity index is 866. The number of nitrogens with one attached hydrogen (secondary N) is 1. The maximum absolute atomic E-state index is 13.2. The summed E-state index contributed by atoms with van der Waals surface area (Å²) in [5.41, 5.74) is 2.17. The number of benzene rings is 2. The molecule has 160 valence electrons. The summed E-state index contributed by atoms with van der Waals surface area (Å²) >= 11 is 7.40. The fourth-order valence-electron chi connectivity index (χ4n) is 3.74. The summed E-state index contributed by atoms with van der Waals surface area (Å²) < 4.78 is 0. The molecule has 0 aromatic heterocycles. The van der Waals surface area contributed by atoms with Crippen LogP contribution in [0.3, 0.4) is 0 Å². The number of amides is 2. The third-order valence-corrected chi connectivity index (χ3v) is 6.73. The Balaban J connectivity index is 1.70. The average molecular weight is 445 g/mol. The van der Waals surface area contributed by atoms with Gasteiger partial charge < -0.3 is 10.2 Å². The smallest absolute Gasteiger partial charge is 0.242 e. The van der Waals surface area contributed by atoms with Crippen molar-refractivity contribution in [1.82, 2.24) is 10.2 Å². The molecule has 1 fully saturated rings. The van der Waals surface area contributed by atoms with Gasteiger partial charge in [-0.2, -0.15) is 0 Å². The van der Waals surface area contributed by atoms with Gasteiger partial charge in [-0.1, -0.05) is 54.3 Å². The quantitative estimate of drug-likeness (QED) is 0.568. The van der Waals surface area contributed by atoms with Gasteiger partial charge in [-0.3, -0.25) is 9.59 Å². The van der Waals surface area contributed by atoms with E-state index in [1.807, 2.05) is 56.3 Å². The number of rotatable bonds is 8. The van der Waals surface area contributed by atoms with E-state index >= 15 is 0 Å². The molecule has 0 unspecified atom stereocenters. The minimum Gasteiger partial charge on any atom is -0.352 e. The molecule has 1 aliphatic rings. The highest BCUT2D eigenvalue weighted by molar-refractivity contribution is 8.00. The Labute approximate surface area is 188 Å². The van der Waals surface area contributed by atoms with Gasteiger partial charge in [0.1, 0.15) is 6.04 Å². The summed E-state index contributed by atoms with van der Waals surface area (Å²) in [7, 11) is 0. The van der Waals surface area contributed by atoms with E-state index in [1.165, 1.54) is 11.8 Å². The highest BCUT2D eigenvalue weighted by atomic mass is 35.5. The molecule has 4 nitrogen and oxygen atoms in total. The van der Waals surface area contributed by atoms with E-state index in [4.69, 9.17) is 11.6 Å². The van der Waals surface area contributed by atoms with Crippen molar-refractivity contribution in [3.05, 3.63) is 64.7 Å². The molecule has 0 saturated heterocycles. The fourth-order valence-corrected chi connectivity index (χ4v) is 4.65. The molecular weight excluding hydrogens is 416 g/mol. The zero-order valence-electron chi connectivity index (χ0n) is 17.6. The summed E-state index contributed by atoms with van der Waals surface area (Å²) in [6.45, 7) is 4.27. The largest absolute Gasteiger partial charge is 0.352 e. The first kappa shape index (κ1) is 22.7. The molecule has 0 aliphatic heterocycles. The lowest BCUT2D eigenvalue weighted by atomic mass is 10.1. The molecule has 0 bridgehead atoms. The van der Waals surface area contributed by atoms with Crippen LogP contribution in [0.25, 0.3) is 0 Å². The van der Waals surface area contributed by atoms with Gasteiger partial charge in [0.15, 0.2) is 0 Å². The van der Waals surface area contributed by atoms with E-state index in [0.29, 0.717) is 11.6 Å². The number of carbonyl (C=O) groups is 2. The molecule has 0 radical (unpaired) electrons. The van der Waals surface area contributed by atoms with E-state index < -0.39 is 6.04 Å². The standard InChI is InChI=1S/C24H29ClN2O2S/c1-17-6-5-7-19(14-17)15-27(18(2)24(29)26-21-8-3-4-9-21)23(28)16-30-22-12-10-20(25)11-13-22/h5-7,10-14,18,21H,3-4,8-9,15-16H2,1-2H3,(H,26,29)/t18-/m0/s1. The highest BCUT2D eigenvalue weighted by Crippen LogP contribution is 2.22. The Kier molecular flexibility index (Phi) is 8.23. The van der Waals surface area contributed by atoms with Crippen LogP contribution in [0.5, 0.6) is 0 Å². The summed E-state index contributed by atoms with van der Waals surface area (Å²) in [5.74, 6) is 0.152. The number of nitrogens with zero attached hydrogens (tertiary/aromatic N) is 1. The van der Waals surface area contributed by atoms with Crippen LogP contribution in [0.2, 0.25) is 5.02 Å². The van der Waals surface area contributed by atoms with Gasteiger partial charge in [0.2, 0.25) is 11.8 Å². The average Bonchev–Trinajstić information content (AvgIpc) is 3.24. The van der Waals surface area contributed by atoms with E-state index in [2.05, 4.69) is 11.4 Å². The number of hydrogen-bond acceptors (Lipinski definition) is 3. The molecule has 1 N–H and O–H groups in total. The third kappa shape index (κ3) is 6.51. The van der Waals surface area contributed by atoms with Crippen LogP contribution in [0.15, 0.2) is 53.4 Å². The van der Waals surface area contributed by atoms with Crippen molar-refractivity contribution >= 4 is 35.2 Å². The second-order valence-electron chi connectivity index (χ2n) is 7.92. The predicted octanol–water partition coefficient (Wildman–Crippen LogP) is 5.22. The second kappa shape index (κ2) is 10.9. The molecule has 0 heterocycles. The predicted molar refractivity (Wildman–Crippen MR) is 124 cm³/mol. The van der Waals surface area contributed by atoms with Crippen LogP contribution in [-0.2, 0) is 16.1 Å². The maximum atomic E-state index is 13.2. The molecule has 2 amide bonds. The lowest BCUT2D eigenvalue weighted by Gasteiger charge is -2.29. The van der Waals surface area contributed by atoms with E-state index in [0.717, 1.165) is 41.7 Å². The van der Waals surface area contributed by atoms with Gasteiger partial charge in [-0.05, 0) is 56.5 Å². The Morgan fingerprint density at radius 2 is 1.87 bits per heavy atom. The highest BCUT2D eigenvalue weighted by Gasteiger charge is 2.28. The van der Waals surface area contributed by atoms with Gasteiger partial charge in [0, 0.05) is 22.5 Å². The molecule has 0 spiro atoms. The van der Waals surface area contributed by atoms with Crippen molar-refractivity contribution in [3.8, 4) is 0 Å². The minimum atomic E-state index is -0.524. The molecule has 3 rings (SSSR count). The van der Waals surface area contributed by atoms with Crippen LogP contribution >= 0.6 is 23.4 Å². The van der Waals surface area contributed by atoms with E-state index in [-0.39, 0.29) is 23.6 Å². The fraction of sp³-hybridized carbons (Fsp3) is 0.417. The molecule has 1 aliphatic carbocycles. The zero-order valence-corrected chi connectivity index (χ0v) is 19.1. The van der Waals surface area contributed by atoms with Gasteiger partial charge >= 0.3 is 0 Å². The molecule has 30 heavy (non-hydrogen) atoms. The number of halogens is 1. The molecule has 2 aromatic carbocycles. The molecule has 2 aromatic rings. The van der Waals surface area contributed by atoms with Crippen LogP contribution in [0.4, 0.5) is 0 Å². The first-order chi connectivity index (χ1) is 14.4. The first-order valence-electron chi connectivity index (χ1n) is 10.5. The minimum absolute atomic E-state index is 0.0504. The van der Waals surface area contributed by atoms with Gasteiger partial charge in [-0.25, -0.2) is 0 Å². The summed E-state index contributed by atoms with van der Waals surface area (Å²) in [5, 5.41) is 3.81. The van der Waals surface area contributed by atoms with Crippen LogP contribution in [0.1, 0.15) is 43.7 Å². The van der Waals surface area contributed by atoms with Crippen molar-refractivity contribution in [2.75, 3.05) is 5.75 Å². The summed E-state index contributed by atoms with van der Waals surface area (Å²) in [4.78, 5) is 28.7. The van der Waals surface area contributed by atoms with Crippen molar-refractivity contribution in [3.63, 3.8) is 0 Å². The lowest BCUT2D eigenvalue weighted by molar-refractivity contribution is -0.138. The van der Waals surface area contributed by atoms with Crippen LogP contribution in [-0.4, -0.2) is 34.6 Å². The SMILES string of the molecule is Cc1cccc(CN(C(=O)CSc2ccc(Cl)cc2)[C@@H](C)C(=O)NC2CCCC2)c1. The van der Waals surface area contributed by atoms with Crippen LogP contribution in [0, 0.1) is 6.92 Å². The zero-order chi connectivity index (χ0) is 21.5. The maximum Gasteiger partial charge on any atom is 0.242 e. The number of thioether (sulfide) groups is 1. The Morgan fingerprint density at radius 1 is 1.17 bits per heavy atom. The number of carbonyl (C=O) groups excluding carboxylic acids is 2. The van der Waals surface area contributed by atoms with E-state index in [9.17, 15) is 9.59 Å². The van der Waals surface area contributed by atoms with Crippen molar-refractivity contribution in [1.29, 1.82) is 0 Å². The second-order valence-corrected chi connectivity index (χ2v) is 9.40. The molecule has 1 saturated carbocycles. The third-order valence-electron chi connectivity index (χ3n) is 5.48. The normalized spacial score (nSPS) is 15.0. The van der Waals surface area contributed by atoms with E-state index in [1.54, 1.807) is 4.90 Å². The number of hydrogen-bond donors (Lipinski definition) is 1. The summed E-state index contributed by atoms with van der Waals surface area (Å²) in [6.07, 6.45) is 4.36. The van der Waals surface area contributed by atoms with Gasteiger partial charge in [-0.15, -0.1) is 11.8 Å². The Morgan fingerprint density at radius 3 is 2.53 bits per heavy atom. The molecule has 1 atom stereocenters. The van der Waals surface area contributed by atoms with Crippen molar-refractivity contribution < 1.29 is 9.59 Å². The first-order valence-corrected chi connectivity index (χ1v) is 11.8. The van der Waals surface area contributed by atoms with Crippen molar-refractivity contribution in [2.45, 2.75) is 63.1 Å². The lowest BCUT2D eigenvalue weighted by Crippen LogP contribution is -2.50.